The third-order valence-corrected chi connectivity index (χ3v) is 1.66. The molecular formula is C11H22N2O4. The Labute approximate surface area is 102 Å². The minimum absolute atomic E-state index is 0.0992. The summed E-state index contributed by atoms with van der Waals surface area (Å²) >= 11 is 0. The van der Waals surface area contributed by atoms with Crippen LogP contribution in [0.15, 0.2) is 0 Å². The summed E-state index contributed by atoms with van der Waals surface area (Å²) in [5.41, 5.74) is -0.500. The zero-order chi connectivity index (χ0) is 13.3. The van der Waals surface area contributed by atoms with Gasteiger partial charge < -0.3 is 20.1 Å². The van der Waals surface area contributed by atoms with Crippen molar-refractivity contribution in [2.45, 2.75) is 39.2 Å². The fourth-order valence-corrected chi connectivity index (χ4v) is 0.995. The summed E-state index contributed by atoms with van der Waals surface area (Å²) in [4.78, 5) is 22.4. The highest BCUT2D eigenvalue weighted by molar-refractivity contribution is 5.75. The predicted octanol–water partition coefficient (Wildman–Crippen LogP) is 1.01. The number of hydrogen-bond donors (Lipinski definition) is 2. The van der Waals surface area contributed by atoms with E-state index in [1.54, 1.807) is 20.8 Å². The Balaban J connectivity index is 3.51. The fourth-order valence-electron chi connectivity index (χ4n) is 0.995. The summed E-state index contributed by atoms with van der Waals surface area (Å²) in [6, 6.07) is 0. The van der Waals surface area contributed by atoms with Crippen LogP contribution >= 0.6 is 0 Å². The van der Waals surface area contributed by atoms with E-state index in [0.29, 0.717) is 19.4 Å². The second-order valence-corrected chi connectivity index (χ2v) is 4.57. The minimum atomic E-state index is -0.500. The first-order valence-corrected chi connectivity index (χ1v) is 5.57. The van der Waals surface area contributed by atoms with Crippen LogP contribution in [0.1, 0.15) is 33.6 Å². The van der Waals surface area contributed by atoms with Crippen molar-refractivity contribution < 1.29 is 19.1 Å². The molecule has 0 unspecified atom stereocenters. The Morgan fingerprint density at radius 3 is 2.35 bits per heavy atom. The van der Waals surface area contributed by atoms with Crippen LogP contribution in [0, 0.1) is 0 Å². The molecule has 6 nitrogen and oxygen atoms in total. The molecule has 0 rings (SSSR count). The zero-order valence-corrected chi connectivity index (χ0v) is 11.0. The van der Waals surface area contributed by atoms with Crippen LogP contribution in [-0.2, 0) is 14.3 Å². The number of hydrogen-bond acceptors (Lipinski definition) is 4. The third kappa shape index (κ3) is 11.0. The van der Waals surface area contributed by atoms with Crippen LogP contribution in [-0.4, -0.2) is 38.0 Å². The van der Waals surface area contributed by atoms with E-state index >= 15 is 0 Å². The number of rotatable bonds is 6. The smallest absolute Gasteiger partial charge is 0.407 e. The first kappa shape index (κ1) is 15.7. The maximum absolute atomic E-state index is 11.2. The van der Waals surface area contributed by atoms with E-state index in [1.807, 2.05) is 0 Å². The molecule has 0 aromatic carbocycles. The van der Waals surface area contributed by atoms with Gasteiger partial charge in [0.05, 0.1) is 0 Å². The van der Waals surface area contributed by atoms with E-state index in [2.05, 4.69) is 10.6 Å². The van der Waals surface area contributed by atoms with Gasteiger partial charge in [0.25, 0.3) is 0 Å². The molecule has 0 aliphatic rings. The van der Waals surface area contributed by atoms with Crippen LogP contribution in [0.25, 0.3) is 0 Å². The molecule has 2 N–H and O–H groups in total. The van der Waals surface area contributed by atoms with Crippen molar-refractivity contribution in [1.82, 2.24) is 10.6 Å². The minimum Gasteiger partial charge on any atom is -0.444 e. The molecule has 0 aromatic heterocycles. The molecule has 0 spiro atoms. The molecule has 0 aliphatic carbocycles. The average molecular weight is 246 g/mol. The monoisotopic (exact) mass is 246 g/mol. The number of carbonyl (C=O) groups is 2. The summed E-state index contributed by atoms with van der Waals surface area (Å²) in [5.74, 6) is -0.0992. The highest BCUT2D eigenvalue weighted by atomic mass is 16.6. The molecule has 0 heterocycles. The number of carbonyl (C=O) groups excluding carboxylic acids is 2. The van der Waals surface area contributed by atoms with Crippen molar-refractivity contribution in [3.8, 4) is 0 Å². The van der Waals surface area contributed by atoms with E-state index < -0.39 is 11.7 Å². The van der Waals surface area contributed by atoms with Gasteiger partial charge in [0.1, 0.15) is 12.3 Å². The topological polar surface area (TPSA) is 76.7 Å². The molecule has 0 saturated carbocycles. The maximum atomic E-state index is 11.2. The van der Waals surface area contributed by atoms with E-state index in [1.165, 1.54) is 7.11 Å². The van der Waals surface area contributed by atoms with Gasteiger partial charge >= 0.3 is 6.09 Å². The van der Waals surface area contributed by atoms with E-state index in [-0.39, 0.29) is 12.6 Å². The predicted molar refractivity (Wildman–Crippen MR) is 63.5 cm³/mol. The van der Waals surface area contributed by atoms with Crippen molar-refractivity contribution >= 4 is 12.0 Å². The SMILES string of the molecule is COCNC(=O)CCCNC(=O)OC(C)(C)C. The zero-order valence-electron chi connectivity index (χ0n) is 11.0. The Hall–Kier alpha value is -1.30. The number of amides is 2. The normalized spacial score (nSPS) is 10.8. The van der Waals surface area contributed by atoms with Gasteiger partial charge in [-0.3, -0.25) is 4.79 Å². The lowest BCUT2D eigenvalue weighted by Gasteiger charge is -2.19. The quantitative estimate of drug-likeness (QED) is 0.541. The van der Waals surface area contributed by atoms with Gasteiger partial charge in [-0.05, 0) is 27.2 Å². The summed E-state index contributed by atoms with van der Waals surface area (Å²) in [5, 5.41) is 5.13. The number of nitrogens with one attached hydrogen (secondary N) is 2. The van der Waals surface area contributed by atoms with E-state index in [4.69, 9.17) is 9.47 Å². The van der Waals surface area contributed by atoms with Gasteiger partial charge in [0, 0.05) is 20.1 Å². The lowest BCUT2D eigenvalue weighted by molar-refractivity contribution is -0.122. The second kappa shape index (κ2) is 7.89. The molecule has 100 valence electrons. The Bertz CT molecular complexity index is 248. The van der Waals surface area contributed by atoms with Crippen molar-refractivity contribution in [1.29, 1.82) is 0 Å². The molecular weight excluding hydrogens is 224 g/mol. The molecule has 0 aliphatic heterocycles. The second-order valence-electron chi connectivity index (χ2n) is 4.57. The molecule has 0 aromatic rings. The molecule has 0 fully saturated rings. The molecule has 0 atom stereocenters. The summed E-state index contributed by atoms with van der Waals surface area (Å²) < 4.78 is 9.73. The Kier molecular flexibility index (Phi) is 7.29. The van der Waals surface area contributed by atoms with Gasteiger partial charge in [-0.1, -0.05) is 0 Å². The largest absolute Gasteiger partial charge is 0.444 e. The van der Waals surface area contributed by atoms with Crippen LogP contribution < -0.4 is 10.6 Å². The van der Waals surface area contributed by atoms with Crippen LogP contribution in [0.2, 0.25) is 0 Å². The van der Waals surface area contributed by atoms with Crippen molar-refractivity contribution in [3.63, 3.8) is 0 Å². The Morgan fingerprint density at radius 2 is 1.82 bits per heavy atom. The van der Waals surface area contributed by atoms with Crippen LogP contribution in [0.5, 0.6) is 0 Å². The number of ether oxygens (including phenoxy) is 2. The highest BCUT2D eigenvalue weighted by Crippen LogP contribution is 2.06. The molecule has 2 amide bonds. The third-order valence-electron chi connectivity index (χ3n) is 1.66. The molecule has 0 saturated heterocycles. The maximum Gasteiger partial charge on any atom is 0.407 e. The fraction of sp³-hybridized carbons (Fsp3) is 0.818. The molecule has 0 radical (unpaired) electrons. The Morgan fingerprint density at radius 1 is 1.18 bits per heavy atom. The average Bonchev–Trinajstić information content (AvgIpc) is 2.19. The standard InChI is InChI=1S/C11H22N2O4/c1-11(2,3)17-10(15)12-7-5-6-9(14)13-8-16-4/h5-8H2,1-4H3,(H,12,15)(H,13,14). The van der Waals surface area contributed by atoms with E-state index in [0.717, 1.165) is 0 Å². The molecule has 6 heteroatoms. The highest BCUT2D eigenvalue weighted by Gasteiger charge is 2.15. The van der Waals surface area contributed by atoms with Gasteiger partial charge in [0.15, 0.2) is 0 Å². The number of alkyl carbamates (subject to hydrolysis) is 1. The van der Waals surface area contributed by atoms with Gasteiger partial charge in [0.2, 0.25) is 5.91 Å². The molecule has 0 bridgehead atoms. The first-order valence-electron chi connectivity index (χ1n) is 5.57. The van der Waals surface area contributed by atoms with Crippen LogP contribution in [0.4, 0.5) is 4.79 Å². The first-order chi connectivity index (χ1) is 7.85. The van der Waals surface area contributed by atoms with Crippen molar-refractivity contribution in [3.05, 3.63) is 0 Å². The summed E-state index contributed by atoms with van der Waals surface area (Å²) in [6.07, 6.45) is 0.448. The lowest BCUT2D eigenvalue weighted by atomic mass is 10.2. The summed E-state index contributed by atoms with van der Waals surface area (Å²) in [7, 11) is 1.50. The lowest BCUT2D eigenvalue weighted by Crippen LogP contribution is -2.33. The van der Waals surface area contributed by atoms with Gasteiger partial charge in [-0.2, -0.15) is 0 Å². The van der Waals surface area contributed by atoms with Crippen molar-refractivity contribution in [2.24, 2.45) is 0 Å². The number of methoxy groups -OCH3 is 1. The van der Waals surface area contributed by atoms with Crippen molar-refractivity contribution in [2.75, 3.05) is 20.4 Å². The summed E-state index contributed by atoms with van der Waals surface area (Å²) in [6.45, 7) is 6.01. The van der Waals surface area contributed by atoms with Gasteiger partial charge in [-0.25, -0.2) is 4.79 Å². The molecule has 17 heavy (non-hydrogen) atoms. The van der Waals surface area contributed by atoms with Gasteiger partial charge in [-0.15, -0.1) is 0 Å². The van der Waals surface area contributed by atoms with Crippen LogP contribution in [0.3, 0.4) is 0 Å². The van der Waals surface area contributed by atoms with E-state index in [9.17, 15) is 9.59 Å².